The van der Waals surface area contributed by atoms with Gasteiger partial charge in [-0.3, -0.25) is 4.79 Å². The van der Waals surface area contributed by atoms with Crippen LogP contribution in [0.1, 0.15) is 18.9 Å². The molecule has 2 N–H and O–H groups in total. The highest BCUT2D eigenvalue weighted by Crippen LogP contribution is 2.19. The zero-order valence-corrected chi connectivity index (χ0v) is 11.9. The summed E-state index contributed by atoms with van der Waals surface area (Å²) >= 11 is 0. The topological polar surface area (TPSA) is 83.5 Å². The lowest BCUT2D eigenvalue weighted by Gasteiger charge is -2.29. The number of hydrogen-bond donors (Lipinski definition) is 2. The Morgan fingerprint density at radius 3 is 2.37 bits per heavy atom. The molecule has 0 radical (unpaired) electrons. The van der Waals surface area contributed by atoms with Gasteiger partial charge < -0.3 is 10.4 Å². The van der Waals surface area contributed by atoms with Gasteiger partial charge in [-0.2, -0.15) is 0 Å². The van der Waals surface area contributed by atoms with Crippen LogP contribution in [0.5, 0.6) is 0 Å². The molecule has 0 saturated carbocycles. The molecule has 5 nitrogen and oxygen atoms in total. The Labute approximate surface area is 113 Å². The van der Waals surface area contributed by atoms with Gasteiger partial charge in [-0.15, -0.1) is 0 Å². The van der Waals surface area contributed by atoms with E-state index in [1.165, 1.54) is 0 Å². The summed E-state index contributed by atoms with van der Waals surface area (Å²) in [4.78, 5) is 11.8. The van der Waals surface area contributed by atoms with Gasteiger partial charge in [-0.05, 0) is 12.5 Å². The van der Waals surface area contributed by atoms with E-state index < -0.39 is 21.3 Å². The fraction of sp³-hybridized carbons (Fsp3) is 0.462. The minimum absolute atomic E-state index is 0.110. The van der Waals surface area contributed by atoms with E-state index in [1.807, 2.05) is 18.2 Å². The van der Waals surface area contributed by atoms with Crippen molar-refractivity contribution in [3.05, 3.63) is 35.9 Å². The molecule has 0 spiro atoms. The molecule has 1 rings (SSSR count). The Bertz CT molecular complexity index is 527. The molecule has 6 heteroatoms. The van der Waals surface area contributed by atoms with E-state index in [2.05, 4.69) is 5.32 Å². The summed E-state index contributed by atoms with van der Waals surface area (Å²) < 4.78 is 22.0. The van der Waals surface area contributed by atoms with Gasteiger partial charge in [0.05, 0.1) is 17.9 Å². The number of aliphatic hydroxyl groups is 1. The second-order valence-corrected chi connectivity index (χ2v) is 7.04. The van der Waals surface area contributed by atoms with Gasteiger partial charge in [0.1, 0.15) is 9.84 Å². The van der Waals surface area contributed by atoms with Crippen LogP contribution >= 0.6 is 0 Å². The number of hydrogen-bond acceptors (Lipinski definition) is 4. The van der Waals surface area contributed by atoms with Gasteiger partial charge in [0.15, 0.2) is 0 Å². The summed E-state index contributed by atoms with van der Waals surface area (Å²) in [6.07, 6.45) is 0.976. The largest absolute Gasteiger partial charge is 0.394 e. The van der Waals surface area contributed by atoms with E-state index in [-0.39, 0.29) is 18.8 Å². The molecule has 1 atom stereocenters. The third-order valence-corrected chi connectivity index (χ3v) is 3.79. The van der Waals surface area contributed by atoms with E-state index >= 15 is 0 Å². The first-order valence-electron chi connectivity index (χ1n) is 5.92. The highest BCUT2D eigenvalue weighted by atomic mass is 32.2. The molecule has 0 fully saturated rings. The monoisotopic (exact) mass is 285 g/mol. The van der Waals surface area contributed by atoms with Crippen molar-refractivity contribution in [3.63, 3.8) is 0 Å². The molecule has 0 aliphatic heterocycles. The second kappa shape index (κ2) is 6.16. The minimum Gasteiger partial charge on any atom is -0.394 e. The van der Waals surface area contributed by atoms with Crippen molar-refractivity contribution < 1.29 is 18.3 Å². The van der Waals surface area contributed by atoms with Gasteiger partial charge in [0.2, 0.25) is 5.91 Å². The molecule has 1 unspecified atom stereocenters. The highest BCUT2D eigenvalue weighted by Gasteiger charge is 2.27. The number of aliphatic hydroxyl groups excluding tert-OH is 1. The lowest BCUT2D eigenvalue weighted by molar-refractivity contribution is -0.123. The molecule has 0 aliphatic carbocycles. The summed E-state index contributed by atoms with van der Waals surface area (Å²) in [6.45, 7) is 1.43. The van der Waals surface area contributed by atoms with Crippen LogP contribution in [0.2, 0.25) is 0 Å². The Morgan fingerprint density at radius 1 is 1.32 bits per heavy atom. The summed E-state index contributed by atoms with van der Waals surface area (Å²) in [6, 6.07) is 9.06. The van der Waals surface area contributed by atoms with Gasteiger partial charge in [0, 0.05) is 12.7 Å². The van der Waals surface area contributed by atoms with E-state index in [0.717, 1.165) is 11.8 Å². The van der Waals surface area contributed by atoms with Crippen LogP contribution < -0.4 is 5.32 Å². The van der Waals surface area contributed by atoms with Gasteiger partial charge in [0.25, 0.3) is 0 Å². The van der Waals surface area contributed by atoms with Crippen LogP contribution in [0.3, 0.4) is 0 Å². The maximum Gasteiger partial charge on any atom is 0.221 e. The molecule has 0 saturated heterocycles. The zero-order valence-electron chi connectivity index (χ0n) is 11.1. The summed E-state index contributed by atoms with van der Waals surface area (Å²) in [5, 5.41) is 12.2. The number of carbonyl (C=O) groups excluding carboxylic acids is 1. The third kappa shape index (κ3) is 5.00. The molecule has 0 aromatic heterocycles. The van der Waals surface area contributed by atoms with Crippen LogP contribution in [0.15, 0.2) is 30.3 Å². The van der Waals surface area contributed by atoms with Crippen LogP contribution in [0.4, 0.5) is 0 Å². The Kier molecular flexibility index (Phi) is 5.08. The maximum absolute atomic E-state index is 11.8. The standard InChI is InChI=1S/C13H19NO4S/c1-13(10-15,11-6-4-3-5-7-11)14-12(16)8-9-19(2,17)18/h3-7,15H,8-10H2,1-2H3,(H,14,16). The number of benzene rings is 1. The van der Waals surface area contributed by atoms with E-state index in [4.69, 9.17) is 0 Å². The average molecular weight is 285 g/mol. The number of sulfone groups is 1. The average Bonchev–Trinajstić information content (AvgIpc) is 2.36. The van der Waals surface area contributed by atoms with Crippen LogP contribution in [-0.4, -0.2) is 38.0 Å². The normalized spacial score (nSPS) is 14.7. The van der Waals surface area contributed by atoms with Crippen molar-refractivity contribution in [2.45, 2.75) is 18.9 Å². The minimum atomic E-state index is -3.17. The molecule has 106 valence electrons. The van der Waals surface area contributed by atoms with Crippen molar-refractivity contribution in [2.75, 3.05) is 18.6 Å². The van der Waals surface area contributed by atoms with Crippen LogP contribution in [0, 0.1) is 0 Å². The number of nitrogens with one attached hydrogen (secondary N) is 1. The third-order valence-electron chi connectivity index (χ3n) is 2.84. The number of rotatable bonds is 6. The molecule has 0 heterocycles. The lowest BCUT2D eigenvalue weighted by atomic mass is 9.93. The van der Waals surface area contributed by atoms with Crippen LogP contribution in [0.25, 0.3) is 0 Å². The zero-order chi connectivity index (χ0) is 14.5. The quantitative estimate of drug-likeness (QED) is 0.794. The predicted molar refractivity (Wildman–Crippen MR) is 73.4 cm³/mol. The number of amides is 1. The van der Waals surface area contributed by atoms with Crippen molar-refractivity contribution in [1.82, 2.24) is 5.32 Å². The summed E-state index contributed by atoms with van der Waals surface area (Å²) in [5.41, 5.74) is -0.138. The fourth-order valence-corrected chi connectivity index (χ4v) is 2.21. The summed E-state index contributed by atoms with van der Waals surface area (Å²) in [7, 11) is -3.17. The first-order valence-corrected chi connectivity index (χ1v) is 7.98. The van der Waals surface area contributed by atoms with E-state index in [1.54, 1.807) is 19.1 Å². The van der Waals surface area contributed by atoms with Crippen molar-refractivity contribution >= 4 is 15.7 Å². The number of carbonyl (C=O) groups is 1. The van der Waals surface area contributed by atoms with Crippen molar-refractivity contribution in [3.8, 4) is 0 Å². The molecule has 19 heavy (non-hydrogen) atoms. The molecular weight excluding hydrogens is 266 g/mol. The van der Waals surface area contributed by atoms with E-state index in [9.17, 15) is 18.3 Å². The molecule has 1 amide bonds. The van der Waals surface area contributed by atoms with Crippen molar-refractivity contribution in [2.24, 2.45) is 0 Å². The molecule has 0 aliphatic rings. The molecule has 1 aromatic carbocycles. The van der Waals surface area contributed by atoms with Gasteiger partial charge in [-0.1, -0.05) is 30.3 Å². The van der Waals surface area contributed by atoms with Crippen molar-refractivity contribution in [1.29, 1.82) is 0 Å². The lowest BCUT2D eigenvalue weighted by Crippen LogP contribution is -2.46. The summed E-state index contributed by atoms with van der Waals surface area (Å²) in [5.74, 6) is -0.597. The highest BCUT2D eigenvalue weighted by molar-refractivity contribution is 7.90. The van der Waals surface area contributed by atoms with Gasteiger partial charge in [-0.25, -0.2) is 8.42 Å². The second-order valence-electron chi connectivity index (χ2n) is 4.78. The molecule has 1 aromatic rings. The van der Waals surface area contributed by atoms with Gasteiger partial charge >= 0.3 is 0 Å². The van der Waals surface area contributed by atoms with E-state index in [0.29, 0.717) is 0 Å². The Morgan fingerprint density at radius 2 is 1.89 bits per heavy atom. The predicted octanol–water partition coefficient (Wildman–Crippen LogP) is 0.445. The first kappa shape index (κ1) is 15.7. The maximum atomic E-state index is 11.8. The molecular formula is C13H19NO4S. The Balaban J connectivity index is 2.74. The van der Waals surface area contributed by atoms with Crippen LogP contribution in [-0.2, 0) is 20.2 Å². The SMILES string of the molecule is CC(CO)(NC(=O)CCS(C)(=O)=O)c1ccccc1. The Hall–Kier alpha value is -1.40. The smallest absolute Gasteiger partial charge is 0.221 e. The molecule has 0 bridgehead atoms. The first-order chi connectivity index (χ1) is 8.77. The fourth-order valence-electron chi connectivity index (χ4n) is 1.66.